The Bertz CT molecular complexity index is 374. The number of hydrogen-bond donors (Lipinski definition) is 0. The van der Waals surface area contributed by atoms with Gasteiger partial charge in [-0.3, -0.25) is 4.79 Å². The number of aryl methyl sites for hydroxylation is 1. The van der Waals surface area contributed by atoms with Crippen molar-refractivity contribution in [1.82, 2.24) is 0 Å². The predicted octanol–water partition coefficient (Wildman–Crippen LogP) is 1.96. The van der Waals surface area contributed by atoms with Crippen LogP contribution in [0.4, 0.5) is 0 Å². The molecule has 0 saturated heterocycles. The standard InChI is InChI=1S/C9H12O4S/c1-5(2)8(10)14-4-7-6(3)12-9(11)13-7/h5H,4H2,1-3H3. The van der Waals surface area contributed by atoms with E-state index in [2.05, 4.69) is 4.42 Å². The van der Waals surface area contributed by atoms with E-state index in [1.807, 2.05) is 13.8 Å². The third-order valence-corrected chi connectivity index (χ3v) is 2.82. The summed E-state index contributed by atoms with van der Waals surface area (Å²) in [6, 6.07) is 0. The first-order valence-electron chi connectivity index (χ1n) is 4.26. The molecule has 78 valence electrons. The van der Waals surface area contributed by atoms with E-state index in [1.54, 1.807) is 6.92 Å². The lowest BCUT2D eigenvalue weighted by molar-refractivity contribution is -0.113. The summed E-state index contributed by atoms with van der Waals surface area (Å²) in [6.45, 7) is 5.29. The minimum atomic E-state index is -0.713. The molecule has 0 atom stereocenters. The number of carbonyl (C=O) groups is 1. The average molecular weight is 216 g/mol. The molecule has 0 aliphatic rings. The third-order valence-electron chi connectivity index (χ3n) is 1.65. The van der Waals surface area contributed by atoms with Gasteiger partial charge in [-0.25, -0.2) is 4.79 Å². The van der Waals surface area contributed by atoms with Crippen molar-refractivity contribution >= 4 is 16.9 Å². The van der Waals surface area contributed by atoms with Gasteiger partial charge in [0.15, 0.2) is 10.9 Å². The molecular weight excluding hydrogens is 204 g/mol. The fourth-order valence-electron chi connectivity index (χ4n) is 0.810. The van der Waals surface area contributed by atoms with Crippen LogP contribution in [0.5, 0.6) is 0 Å². The zero-order chi connectivity index (χ0) is 10.7. The number of carbonyl (C=O) groups excluding carboxylic acids is 1. The first-order valence-corrected chi connectivity index (χ1v) is 5.25. The Labute approximate surface area is 85.7 Å². The average Bonchev–Trinajstić information content (AvgIpc) is 2.40. The van der Waals surface area contributed by atoms with Crippen molar-refractivity contribution < 1.29 is 13.6 Å². The van der Waals surface area contributed by atoms with E-state index < -0.39 is 5.82 Å². The monoisotopic (exact) mass is 216 g/mol. The van der Waals surface area contributed by atoms with E-state index in [0.717, 1.165) is 11.8 Å². The van der Waals surface area contributed by atoms with Gasteiger partial charge in [-0.15, -0.1) is 0 Å². The Hall–Kier alpha value is -0.970. The Balaban J connectivity index is 2.58. The van der Waals surface area contributed by atoms with Gasteiger partial charge < -0.3 is 8.83 Å². The summed E-state index contributed by atoms with van der Waals surface area (Å²) < 4.78 is 9.41. The highest BCUT2D eigenvalue weighted by atomic mass is 32.2. The van der Waals surface area contributed by atoms with Crippen LogP contribution in [0.25, 0.3) is 0 Å². The molecule has 0 N–H and O–H groups in total. The Kier molecular flexibility index (Phi) is 3.57. The highest BCUT2D eigenvalue weighted by Gasteiger charge is 2.13. The molecule has 0 amide bonds. The fourth-order valence-corrected chi connectivity index (χ4v) is 1.68. The fraction of sp³-hybridized carbons (Fsp3) is 0.556. The van der Waals surface area contributed by atoms with Crippen LogP contribution in [0, 0.1) is 12.8 Å². The zero-order valence-corrected chi connectivity index (χ0v) is 9.14. The summed E-state index contributed by atoms with van der Waals surface area (Å²) in [5.74, 6) is 0.510. The SMILES string of the molecule is Cc1oc(=O)oc1CSC(=O)C(C)C. The van der Waals surface area contributed by atoms with Crippen LogP contribution in [-0.2, 0) is 10.5 Å². The number of hydrogen-bond acceptors (Lipinski definition) is 5. The minimum absolute atomic E-state index is 0.0149. The van der Waals surface area contributed by atoms with Crippen molar-refractivity contribution in [3.05, 3.63) is 22.1 Å². The largest absolute Gasteiger partial charge is 0.519 e. The Morgan fingerprint density at radius 1 is 1.43 bits per heavy atom. The normalized spacial score (nSPS) is 10.9. The van der Waals surface area contributed by atoms with Crippen molar-refractivity contribution in [3.63, 3.8) is 0 Å². The zero-order valence-electron chi connectivity index (χ0n) is 8.33. The molecule has 0 aromatic carbocycles. The molecule has 0 aliphatic heterocycles. The summed E-state index contributed by atoms with van der Waals surface area (Å²) in [6.07, 6.45) is 0. The van der Waals surface area contributed by atoms with Gasteiger partial charge in [0.2, 0.25) is 0 Å². The minimum Gasteiger partial charge on any atom is -0.396 e. The molecule has 1 rings (SSSR count). The Morgan fingerprint density at radius 2 is 2.07 bits per heavy atom. The molecule has 0 aliphatic carbocycles. The van der Waals surface area contributed by atoms with Crippen LogP contribution < -0.4 is 5.82 Å². The van der Waals surface area contributed by atoms with Gasteiger partial charge in [-0.05, 0) is 6.92 Å². The van der Waals surface area contributed by atoms with Crippen molar-refractivity contribution in [2.45, 2.75) is 26.5 Å². The highest BCUT2D eigenvalue weighted by Crippen LogP contribution is 2.18. The summed E-state index contributed by atoms with van der Waals surface area (Å²) in [4.78, 5) is 21.9. The highest BCUT2D eigenvalue weighted by molar-refractivity contribution is 8.13. The van der Waals surface area contributed by atoms with Crippen molar-refractivity contribution in [2.24, 2.45) is 5.92 Å². The van der Waals surface area contributed by atoms with Crippen LogP contribution in [0.3, 0.4) is 0 Å². The van der Waals surface area contributed by atoms with E-state index in [0.29, 0.717) is 17.3 Å². The molecule has 0 spiro atoms. The summed E-state index contributed by atoms with van der Waals surface area (Å²) in [7, 11) is 0. The van der Waals surface area contributed by atoms with E-state index in [1.165, 1.54) is 0 Å². The van der Waals surface area contributed by atoms with Gasteiger partial charge in [0.05, 0.1) is 5.75 Å². The second-order valence-corrected chi connectivity index (χ2v) is 4.18. The maximum atomic E-state index is 11.2. The smallest absolute Gasteiger partial charge is 0.396 e. The first-order chi connectivity index (χ1) is 6.50. The molecule has 1 heterocycles. The van der Waals surface area contributed by atoms with Crippen LogP contribution in [0.1, 0.15) is 25.4 Å². The van der Waals surface area contributed by atoms with Crippen molar-refractivity contribution in [3.8, 4) is 0 Å². The summed E-state index contributed by atoms with van der Waals surface area (Å²) >= 11 is 1.13. The van der Waals surface area contributed by atoms with E-state index in [9.17, 15) is 9.59 Å². The van der Waals surface area contributed by atoms with Crippen molar-refractivity contribution in [2.75, 3.05) is 0 Å². The number of rotatable bonds is 3. The summed E-state index contributed by atoms with van der Waals surface area (Å²) in [5, 5.41) is 0.0771. The molecule has 5 heteroatoms. The molecule has 0 unspecified atom stereocenters. The van der Waals surface area contributed by atoms with Gasteiger partial charge in [-0.2, -0.15) is 0 Å². The van der Waals surface area contributed by atoms with Crippen LogP contribution >= 0.6 is 11.8 Å². The van der Waals surface area contributed by atoms with Gasteiger partial charge in [-0.1, -0.05) is 25.6 Å². The molecule has 14 heavy (non-hydrogen) atoms. The molecular formula is C9H12O4S. The van der Waals surface area contributed by atoms with Crippen LogP contribution in [0.15, 0.2) is 13.6 Å². The molecule has 0 fully saturated rings. The molecule has 1 aromatic rings. The van der Waals surface area contributed by atoms with Crippen LogP contribution in [-0.4, -0.2) is 5.12 Å². The number of thioether (sulfide) groups is 1. The van der Waals surface area contributed by atoms with Gasteiger partial charge in [0.25, 0.3) is 0 Å². The molecule has 0 radical (unpaired) electrons. The van der Waals surface area contributed by atoms with Crippen molar-refractivity contribution in [1.29, 1.82) is 0 Å². The van der Waals surface area contributed by atoms with Gasteiger partial charge in [0.1, 0.15) is 5.76 Å². The molecule has 1 aromatic heterocycles. The van der Waals surface area contributed by atoms with Crippen LogP contribution in [0.2, 0.25) is 0 Å². The Morgan fingerprint density at radius 3 is 2.50 bits per heavy atom. The molecule has 0 bridgehead atoms. The third kappa shape index (κ3) is 2.77. The lowest BCUT2D eigenvalue weighted by Gasteiger charge is -2.00. The second kappa shape index (κ2) is 4.50. The van der Waals surface area contributed by atoms with Gasteiger partial charge >= 0.3 is 5.82 Å². The van der Waals surface area contributed by atoms with E-state index in [-0.39, 0.29) is 11.0 Å². The maximum Gasteiger partial charge on any atom is 0.519 e. The lowest BCUT2D eigenvalue weighted by atomic mass is 10.3. The van der Waals surface area contributed by atoms with E-state index in [4.69, 9.17) is 4.42 Å². The second-order valence-electron chi connectivity index (χ2n) is 3.20. The summed E-state index contributed by atoms with van der Waals surface area (Å²) in [5.41, 5.74) is 0. The van der Waals surface area contributed by atoms with Gasteiger partial charge in [0, 0.05) is 5.92 Å². The predicted molar refractivity (Wildman–Crippen MR) is 53.1 cm³/mol. The topological polar surface area (TPSA) is 60.4 Å². The maximum absolute atomic E-state index is 11.2. The lowest BCUT2D eigenvalue weighted by Crippen LogP contribution is -2.01. The molecule has 0 saturated carbocycles. The molecule has 4 nitrogen and oxygen atoms in total. The van der Waals surface area contributed by atoms with E-state index >= 15 is 0 Å². The first kappa shape index (κ1) is 11.1. The quantitative estimate of drug-likeness (QED) is 0.772.